The minimum Gasteiger partial charge on any atom is -0.494 e. The molecule has 0 spiro atoms. The van der Waals surface area contributed by atoms with Crippen molar-refractivity contribution in [1.82, 2.24) is 9.80 Å². The summed E-state index contributed by atoms with van der Waals surface area (Å²) in [6.07, 6.45) is 3.60. The van der Waals surface area contributed by atoms with E-state index in [0.29, 0.717) is 13.0 Å². The van der Waals surface area contributed by atoms with Crippen LogP contribution in [0.2, 0.25) is 0 Å². The van der Waals surface area contributed by atoms with Crippen LogP contribution in [0.3, 0.4) is 0 Å². The third-order valence-electron chi connectivity index (χ3n) is 5.98. The number of ketones is 1. The molecule has 2 heterocycles. The van der Waals surface area contributed by atoms with Crippen LogP contribution in [0.25, 0.3) is 0 Å². The Morgan fingerprint density at radius 3 is 2.48 bits per heavy atom. The van der Waals surface area contributed by atoms with Crippen molar-refractivity contribution in [3.05, 3.63) is 52.2 Å². The molecule has 1 amide bonds. The van der Waals surface area contributed by atoms with Gasteiger partial charge in [-0.1, -0.05) is 6.07 Å². The van der Waals surface area contributed by atoms with Crippen LogP contribution in [0.4, 0.5) is 0 Å². The molecule has 4 rings (SSSR count). The number of nitrogens with zero attached hydrogens (tertiary/aromatic N) is 2. The highest BCUT2D eigenvalue weighted by atomic mass is 32.1. The third-order valence-corrected chi connectivity index (χ3v) is 6.88. The van der Waals surface area contributed by atoms with E-state index in [2.05, 4.69) is 4.90 Å². The van der Waals surface area contributed by atoms with Crippen molar-refractivity contribution in [2.75, 3.05) is 39.3 Å². The van der Waals surface area contributed by atoms with Crippen molar-refractivity contribution >= 4 is 23.0 Å². The predicted molar refractivity (Wildman–Crippen MR) is 123 cm³/mol. The van der Waals surface area contributed by atoms with Crippen LogP contribution >= 0.6 is 11.3 Å². The van der Waals surface area contributed by atoms with Crippen LogP contribution < -0.4 is 10.5 Å². The molecule has 2 fully saturated rings. The van der Waals surface area contributed by atoms with E-state index in [-0.39, 0.29) is 17.6 Å². The first-order chi connectivity index (χ1) is 15.1. The van der Waals surface area contributed by atoms with Crippen LogP contribution in [0.5, 0.6) is 5.75 Å². The van der Waals surface area contributed by atoms with E-state index in [4.69, 9.17) is 10.5 Å². The van der Waals surface area contributed by atoms with Gasteiger partial charge in [0.05, 0.1) is 12.6 Å². The number of Topliss-reactive ketones (excluding diaryl/α,β-unsaturated/α-hetero) is 1. The number of thiophene rings is 1. The largest absolute Gasteiger partial charge is 0.494 e. The molecule has 1 saturated carbocycles. The van der Waals surface area contributed by atoms with Crippen LogP contribution in [0.1, 0.15) is 34.5 Å². The van der Waals surface area contributed by atoms with Crippen LogP contribution in [-0.2, 0) is 11.2 Å². The van der Waals surface area contributed by atoms with Crippen molar-refractivity contribution in [2.24, 2.45) is 11.7 Å². The van der Waals surface area contributed by atoms with E-state index in [9.17, 15) is 9.59 Å². The second-order valence-electron chi connectivity index (χ2n) is 8.42. The number of ether oxygens (including phenoxy) is 1. The molecule has 1 aromatic carbocycles. The SMILES string of the molecule is NC(Cc1cccs1)C(=O)N1CCN(CCCOc2ccc(C(=O)C3CC3)cc2)CC1. The van der Waals surface area contributed by atoms with E-state index >= 15 is 0 Å². The van der Waals surface area contributed by atoms with Gasteiger partial charge in [-0.25, -0.2) is 0 Å². The van der Waals surface area contributed by atoms with Crippen LogP contribution in [0, 0.1) is 5.92 Å². The molecule has 1 unspecified atom stereocenters. The number of rotatable bonds is 10. The fourth-order valence-corrected chi connectivity index (χ4v) is 4.70. The Morgan fingerprint density at radius 2 is 1.84 bits per heavy atom. The molecule has 1 aliphatic heterocycles. The van der Waals surface area contributed by atoms with E-state index in [1.807, 2.05) is 46.7 Å². The van der Waals surface area contributed by atoms with Gasteiger partial charge in [0, 0.05) is 55.5 Å². The highest BCUT2D eigenvalue weighted by Crippen LogP contribution is 2.32. The van der Waals surface area contributed by atoms with Gasteiger partial charge in [0.1, 0.15) is 5.75 Å². The number of hydrogen-bond acceptors (Lipinski definition) is 6. The second-order valence-corrected chi connectivity index (χ2v) is 9.45. The average molecular weight is 442 g/mol. The first-order valence-corrected chi connectivity index (χ1v) is 12.0. The molecule has 2 aromatic rings. The summed E-state index contributed by atoms with van der Waals surface area (Å²) in [5.74, 6) is 1.37. The smallest absolute Gasteiger partial charge is 0.239 e. The predicted octanol–water partition coefficient (Wildman–Crippen LogP) is 2.82. The first-order valence-electron chi connectivity index (χ1n) is 11.2. The molecule has 31 heavy (non-hydrogen) atoms. The summed E-state index contributed by atoms with van der Waals surface area (Å²) >= 11 is 1.64. The summed E-state index contributed by atoms with van der Waals surface area (Å²) in [5, 5.41) is 2.01. The average Bonchev–Trinajstić information content (AvgIpc) is 3.53. The van der Waals surface area contributed by atoms with Crippen LogP contribution in [-0.4, -0.2) is 66.9 Å². The van der Waals surface area contributed by atoms with Gasteiger partial charge in [-0.2, -0.15) is 0 Å². The molecule has 7 heteroatoms. The molecular formula is C24H31N3O3S. The lowest BCUT2D eigenvalue weighted by Crippen LogP contribution is -2.53. The van der Waals surface area contributed by atoms with Gasteiger partial charge in [-0.3, -0.25) is 14.5 Å². The van der Waals surface area contributed by atoms with Gasteiger partial charge < -0.3 is 15.4 Å². The number of carbonyl (C=O) groups excluding carboxylic acids is 2. The van der Waals surface area contributed by atoms with E-state index in [1.165, 1.54) is 0 Å². The Kier molecular flexibility index (Phi) is 7.37. The quantitative estimate of drug-likeness (QED) is 0.453. The highest BCUT2D eigenvalue weighted by Gasteiger charge is 2.30. The maximum atomic E-state index is 12.6. The molecule has 1 aliphatic carbocycles. The maximum Gasteiger partial charge on any atom is 0.239 e. The van der Waals surface area contributed by atoms with Gasteiger partial charge in [0.15, 0.2) is 5.78 Å². The number of amides is 1. The molecule has 0 radical (unpaired) electrons. The fraction of sp³-hybridized carbons (Fsp3) is 0.500. The fourth-order valence-electron chi connectivity index (χ4n) is 3.93. The summed E-state index contributed by atoms with van der Waals surface area (Å²) in [4.78, 5) is 30.1. The minimum absolute atomic E-state index is 0.0556. The summed E-state index contributed by atoms with van der Waals surface area (Å²) in [6, 6.07) is 11.1. The van der Waals surface area contributed by atoms with Crippen molar-refractivity contribution in [3.63, 3.8) is 0 Å². The summed E-state index contributed by atoms with van der Waals surface area (Å²) < 4.78 is 5.83. The zero-order chi connectivity index (χ0) is 21.6. The standard InChI is InChI=1S/C24H31N3O3S/c25-22(17-21-3-1-16-31-21)24(29)27-13-11-26(12-14-27)10-2-15-30-20-8-6-19(7-9-20)23(28)18-4-5-18/h1,3,6-9,16,18,22H,2,4-5,10-15,17,25H2. The second kappa shape index (κ2) is 10.4. The topological polar surface area (TPSA) is 75.9 Å². The van der Waals surface area contributed by atoms with Gasteiger partial charge in [-0.05, 0) is 55.0 Å². The molecule has 1 atom stereocenters. The first kappa shape index (κ1) is 22.0. The van der Waals surface area contributed by atoms with E-state index < -0.39 is 6.04 Å². The number of benzene rings is 1. The van der Waals surface area contributed by atoms with Gasteiger partial charge in [-0.15, -0.1) is 11.3 Å². The van der Waals surface area contributed by atoms with Crippen molar-refractivity contribution < 1.29 is 14.3 Å². The Morgan fingerprint density at radius 1 is 1.10 bits per heavy atom. The molecule has 1 aromatic heterocycles. The van der Waals surface area contributed by atoms with Gasteiger partial charge in [0.2, 0.25) is 5.91 Å². The summed E-state index contributed by atoms with van der Waals surface area (Å²) in [5.41, 5.74) is 6.93. The Balaban J connectivity index is 1.11. The third kappa shape index (κ3) is 6.15. The van der Waals surface area contributed by atoms with Crippen molar-refractivity contribution in [1.29, 1.82) is 0 Å². The molecule has 0 bridgehead atoms. The summed E-state index contributed by atoms with van der Waals surface area (Å²) in [7, 11) is 0. The lowest BCUT2D eigenvalue weighted by atomic mass is 10.1. The molecule has 2 N–H and O–H groups in total. The molecule has 166 valence electrons. The molecule has 1 saturated heterocycles. The maximum absolute atomic E-state index is 12.6. The van der Waals surface area contributed by atoms with Gasteiger partial charge >= 0.3 is 0 Å². The lowest BCUT2D eigenvalue weighted by Gasteiger charge is -2.35. The van der Waals surface area contributed by atoms with Crippen molar-refractivity contribution in [2.45, 2.75) is 31.7 Å². The zero-order valence-corrected chi connectivity index (χ0v) is 18.7. The zero-order valence-electron chi connectivity index (χ0n) is 17.9. The Hall–Kier alpha value is -2.22. The number of carbonyl (C=O) groups is 2. The van der Waals surface area contributed by atoms with Crippen molar-refractivity contribution in [3.8, 4) is 5.75 Å². The molecule has 6 nitrogen and oxygen atoms in total. The number of hydrogen-bond donors (Lipinski definition) is 1. The Labute approximate surface area is 188 Å². The van der Waals surface area contributed by atoms with E-state index in [0.717, 1.165) is 68.2 Å². The molecular weight excluding hydrogens is 410 g/mol. The summed E-state index contributed by atoms with van der Waals surface area (Å²) in [6.45, 7) is 4.79. The Bertz CT molecular complexity index is 857. The monoisotopic (exact) mass is 441 g/mol. The van der Waals surface area contributed by atoms with Crippen LogP contribution in [0.15, 0.2) is 41.8 Å². The number of nitrogens with two attached hydrogens (primary N) is 1. The van der Waals surface area contributed by atoms with E-state index in [1.54, 1.807) is 11.3 Å². The van der Waals surface area contributed by atoms with Gasteiger partial charge in [0.25, 0.3) is 0 Å². The lowest BCUT2D eigenvalue weighted by molar-refractivity contribution is -0.134. The highest BCUT2D eigenvalue weighted by molar-refractivity contribution is 7.09. The normalized spacial score (nSPS) is 18.0. The minimum atomic E-state index is -0.454. The number of piperazine rings is 1. The molecule has 2 aliphatic rings.